The van der Waals surface area contributed by atoms with Crippen LogP contribution in [-0.2, 0) is 5.41 Å². The summed E-state index contributed by atoms with van der Waals surface area (Å²) in [6.07, 6.45) is 0. The number of nitrogens with zero attached hydrogens (tertiary/aromatic N) is 1. The molecule has 0 spiro atoms. The molecule has 0 N–H and O–H groups in total. The lowest BCUT2D eigenvalue weighted by Crippen LogP contribution is -2.13. The second kappa shape index (κ2) is 2.31. The standard InChI is InChI=1S/C7H10FNS/c1-7(2,3)5-6(8)10-4-9-5/h4H,1-3H3. The molecule has 1 heterocycles. The van der Waals surface area contributed by atoms with Crippen molar-refractivity contribution in [2.45, 2.75) is 26.2 Å². The highest BCUT2D eigenvalue weighted by atomic mass is 32.1. The van der Waals surface area contributed by atoms with Crippen LogP contribution in [0.5, 0.6) is 0 Å². The molecule has 10 heavy (non-hydrogen) atoms. The van der Waals surface area contributed by atoms with E-state index in [0.29, 0.717) is 5.69 Å². The van der Waals surface area contributed by atoms with Crippen molar-refractivity contribution in [3.8, 4) is 0 Å². The third-order valence-corrected chi connectivity index (χ3v) is 1.85. The maximum absolute atomic E-state index is 12.8. The molecule has 0 saturated heterocycles. The van der Waals surface area contributed by atoms with E-state index in [1.165, 1.54) is 5.51 Å². The zero-order valence-electron chi connectivity index (χ0n) is 6.31. The topological polar surface area (TPSA) is 12.9 Å². The zero-order valence-corrected chi connectivity index (χ0v) is 7.13. The van der Waals surface area contributed by atoms with Gasteiger partial charge in [-0.25, -0.2) is 4.98 Å². The van der Waals surface area contributed by atoms with Crippen LogP contribution in [-0.4, -0.2) is 4.98 Å². The molecule has 1 aromatic rings. The quantitative estimate of drug-likeness (QED) is 0.567. The first kappa shape index (κ1) is 7.66. The lowest BCUT2D eigenvalue weighted by Gasteiger charge is -2.14. The van der Waals surface area contributed by atoms with Crippen LogP contribution < -0.4 is 0 Å². The normalized spacial score (nSPS) is 12.0. The smallest absolute Gasteiger partial charge is 0.199 e. The number of aromatic nitrogens is 1. The zero-order chi connectivity index (χ0) is 7.78. The van der Waals surface area contributed by atoms with Crippen molar-refractivity contribution < 1.29 is 4.39 Å². The van der Waals surface area contributed by atoms with E-state index >= 15 is 0 Å². The molecule has 1 aromatic heterocycles. The fraction of sp³-hybridized carbons (Fsp3) is 0.571. The summed E-state index contributed by atoms with van der Waals surface area (Å²) in [5, 5.41) is -0.160. The van der Waals surface area contributed by atoms with Crippen LogP contribution in [0, 0.1) is 5.13 Å². The largest absolute Gasteiger partial charge is 0.246 e. The molecule has 0 aliphatic carbocycles. The Hall–Kier alpha value is -0.440. The van der Waals surface area contributed by atoms with Crippen LogP contribution in [0.15, 0.2) is 5.51 Å². The maximum atomic E-state index is 12.8. The van der Waals surface area contributed by atoms with Gasteiger partial charge in [0.2, 0.25) is 0 Å². The highest BCUT2D eigenvalue weighted by molar-refractivity contribution is 7.08. The van der Waals surface area contributed by atoms with Gasteiger partial charge in [0.15, 0.2) is 5.13 Å². The van der Waals surface area contributed by atoms with E-state index in [1.54, 1.807) is 0 Å². The monoisotopic (exact) mass is 159 g/mol. The maximum Gasteiger partial charge on any atom is 0.199 e. The van der Waals surface area contributed by atoms with Crippen LogP contribution in [0.25, 0.3) is 0 Å². The van der Waals surface area contributed by atoms with Crippen molar-refractivity contribution in [3.05, 3.63) is 16.3 Å². The van der Waals surface area contributed by atoms with Crippen molar-refractivity contribution in [3.63, 3.8) is 0 Å². The van der Waals surface area contributed by atoms with Crippen LogP contribution in [0.2, 0.25) is 0 Å². The Labute approximate surface area is 63.9 Å². The molecule has 0 radical (unpaired) electrons. The molecule has 1 rings (SSSR count). The predicted octanol–water partition coefficient (Wildman–Crippen LogP) is 2.58. The molecule has 0 aliphatic rings. The van der Waals surface area contributed by atoms with Gasteiger partial charge in [0.25, 0.3) is 0 Å². The van der Waals surface area contributed by atoms with Crippen molar-refractivity contribution >= 4 is 11.3 Å². The predicted molar refractivity (Wildman–Crippen MR) is 40.8 cm³/mol. The molecule has 1 nitrogen and oxygen atoms in total. The molecule has 0 bridgehead atoms. The Kier molecular flexibility index (Phi) is 1.77. The second-order valence-corrected chi connectivity index (χ2v) is 4.03. The number of hydrogen-bond acceptors (Lipinski definition) is 2. The van der Waals surface area contributed by atoms with E-state index in [1.807, 2.05) is 20.8 Å². The molecule has 0 aliphatic heterocycles. The first-order valence-electron chi connectivity index (χ1n) is 3.11. The van der Waals surface area contributed by atoms with Crippen molar-refractivity contribution in [1.29, 1.82) is 0 Å². The summed E-state index contributed by atoms with van der Waals surface area (Å²) in [6, 6.07) is 0. The minimum Gasteiger partial charge on any atom is -0.246 e. The van der Waals surface area contributed by atoms with Gasteiger partial charge in [-0.15, -0.1) is 0 Å². The lowest BCUT2D eigenvalue weighted by atomic mass is 9.93. The third-order valence-electron chi connectivity index (χ3n) is 1.23. The summed E-state index contributed by atoms with van der Waals surface area (Å²) in [6.45, 7) is 5.85. The van der Waals surface area contributed by atoms with E-state index < -0.39 is 0 Å². The molecule has 0 fully saturated rings. The number of thiazole rings is 1. The van der Waals surface area contributed by atoms with Gasteiger partial charge >= 0.3 is 0 Å². The second-order valence-electron chi connectivity index (χ2n) is 3.22. The average Bonchev–Trinajstić information content (AvgIpc) is 2.11. The van der Waals surface area contributed by atoms with Gasteiger partial charge in [-0.1, -0.05) is 32.1 Å². The van der Waals surface area contributed by atoms with Gasteiger partial charge in [-0.3, -0.25) is 0 Å². The van der Waals surface area contributed by atoms with Crippen molar-refractivity contribution in [2.75, 3.05) is 0 Å². The van der Waals surface area contributed by atoms with Crippen molar-refractivity contribution in [2.24, 2.45) is 0 Å². The minimum atomic E-state index is -0.163. The molecular formula is C7H10FNS. The summed E-state index contributed by atoms with van der Waals surface area (Å²) in [5.41, 5.74) is 1.94. The summed E-state index contributed by atoms with van der Waals surface area (Å²) in [4.78, 5) is 3.93. The SMILES string of the molecule is CC(C)(C)c1ncsc1F. The Morgan fingerprint density at radius 3 is 2.30 bits per heavy atom. The van der Waals surface area contributed by atoms with Crippen LogP contribution in [0.4, 0.5) is 4.39 Å². The Morgan fingerprint density at radius 2 is 2.10 bits per heavy atom. The van der Waals surface area contributed by atoms with E-state index in [2.05, 4.69) is 4.98 Å². The fourth-order valence-corrected chi connectivity index (χ4v) is 1.44. The molecule has 56 valence electrons. The van der Waals surface area contributed by atoms with Crippen LogP contribution in [0.3, 0.4) is 0 Å². The molecule has 0 unspecified atom stereocenters. The van der Waals surface area contributed by atoms with Gasteiger partial charge in [-0.2, -0.15) is 4.39 Å². The van der Waals surface area contributed by atoms with Gasteiger partial charge in [-0.05, 0) is 0 Å². The Morgan fingerprint density at radius 1 is 1.50 bits per heavy atom. The Balaban J connectivity index is 3.05. The van der Waals surface area contributed by atoms with Gasteiger partial charge < -0.3 is 0 Å². The van der Waals surface area contributed by atoms with E-state index in [-0.39, 0.29) is 10.5 Å². The van der Waals surface area contributed by atoms with E-state index in [9.17, 15) is 4.39 Å². The summed E-state index contributed by atoms with van der Waals surface area (Å²) in [5.74, 6) is 0. The summed E-state index contributed by atoms with van der Waals surface area (Å²) in [7, 11) is 0. The first-order chi connectivity index (χ1) is 4.52. The van der Waals surface area contributed by atoms with Gasteiger partial charge in [0.1, 0.15) is 0 Å². The van der Waals surface area contributed by atoms with Gasteiger partial charge in [0.05, 0.1) is 11.2 Å². The Bertz CT molecular complexity index is 224. The van der Waals surface area contributed by atoms with E-state index in [0.717, 1.165) is 11.3 Å². The van der Waals surface area contributed by atoms with Crippen LogP contribution in [0.1, 0.15) is 26.5 Å². The minimum absolute atomic E-state index is 0.160. The third kappa shape index (κ3) is 1.34. The molecule has 0 saturated carbocycles. The molecule has 3 heteroatoms. The first-order valence-corrected chi connectivity index (χ1v) is 3.99. The summed E-state index contributed by atoms with van der Waals surface area (Å²) >= 11 is 1.05. The van der Waals surface area contributed by atoms with E-state index in [4.69, 9.17) is 0 Å². The highest BCUT2D eigenvalue weighted by Gasteiger charge is 2.20. The van der Waals surface area contributed by atoms with Gasteiger partial charge in [0, 0.05) is 5.41 Å². The fourth-order valence-electron chi connectivity index (χ4n) is 0.720. The van der Waals surface area contributed by atoms with Crippen molar-refractivity contribution in [1.82, 2.24) is 4.98 Å². The highest BCUT2D eigenvalue weighted by Crippen LogP contribution is 2.24. The molecule has 0 amide bonds. The molecular weight excluding hydrogens is 149 g/mol. The molecule has 0 atom stereocenters. The lowest BCUT2D eigenvalue weighted by molar-refractivity contribution is 0.521. The average molecular weight is 159 g/mol. The number of rotatable bonds is 0. The molecule has 0 aromatic carbocycles. The summed E-state index contributed by atoms with van der Waals surface area (Å²) < 4.78 is 12.8. The number of hydrogen-bond donors (Lipinski definition) is 0. The number of halogens is 1. The van der Waals surface area contributed by atoms with Crippen LogP contribution >= 0.6 is 11.3 Å².